The maximum absolute atomic E-state index is 12.0. The van der Waals surface area contributed by atoms with Crippen molar-refractivity contribution >= 4 is 33.5 Å². The highest BCUT2D eigenvalue weighted by Gasteiger charge is 2.18. The van der Waals surface area contributed by atoms with Gasteiger partial charge in [-0.15, -0.1) is 0 Å². The van der Waals surface area contributed by atoms with Gasteiger partial charge in [-0.05, 0) is 48.9 Å². The van der Waals surface area contributed by atoms with Gasteiger partial charge in [0.1, 0.15) is 5.75 Å². The van der Waals surface area contributed by atoms with Crippen molar-refractivity contribution in [2.45, 2.75) is 19.4 Å². The molecule has 0 heterocycles. The Morgan fingerprint density at radius 1 is 1.13 bits per heavy atom. The quantitative estimate of drug-likeness (QED) is 0.784. The Bertz CT molecular complexity index is 683. The molecule has 0 aromatic heterocycles. The molecule has 0 aliphatic heterocycles. The number of halogens is 1. The van der Waals surface area contributed by atoms with Crippen LogP contribution in [0.5, 0.6) is 5.75 Å². The normalized spacial score (nSPS) is 11.6. The van der Waals surface area contributed by atoms with E-state index in [1.54, 1.807) is 36.4 Å². The average Bonchev–Trinajstić information content (AvgIpc) is 2.51. The summed E-state index contributed by atoms with van der Waals surface area (Å²) in [6.07, 6.45) is -0.862. The van der Waals surface area contributed by atoms with Crippen LogP contribution in [0.15, 0.2) is 53.0 Å². The maximum atomic E-state index is 12.0. The molecule has 120 valence electrons. The van der Waals surface area contributed by atoms with Gasteiger partial charge in [-0.2, -0.15) is 0 Å². The molecule has 0 radical (unpaired) electrons. The molecule has 6 heteroatoms. The van der Waals surface area contributed by atoms with E-state index in [9.17, 15) is 14.7 Å². The lowest BCUT2D eigenvalue weighted by Gasteiger charge is -2.13. The molecule has 0 bridgehead atoms. The molecule has 0 aliphatic carbocycles. The summed E-state index contributed by atoms with van der Waals surface area (Å²) in [5.41, 5.74) is 1.33. The number of ether oxygens (including phenoxy) is 1. The van der Waals surface area contributed by atoms with Crippen molar-refractivity contribution in [1.29, 1.82) is 0 Å². The van der Waals surface area contributed by atoms with Gasteiger partial charge in [-0.1, -0.05) is 28.1 Å². The van der Waals surface area contributed by atoms with Crippen LogP contribution in [-0.4, -0.2) is 23.1 Å². The lowest BCUT2D eigenvalue weighted by Crippen LogP contribution is -2.30. The van der Waals surface area contributed by atoms with E-state index in [0.717, 1.165) is 4.47 Å². The van der Waals surface area contributed by atoms with E-state index in [1.807, 2.05) is 0 Å². The van der Waals surface area contributed by atoms with E-state index in [2.05, 4.69) is 21.2 Å². The minimum Gasteiger partial charge on any atom is -0.508 e. The second kappa shape index (κ2) is 7.78. The van der Waals surface area contributed by atoms with Crippen LogP contribution in [0, 0.1) is 0 Å². The van der Waals surface area contributed by atoms with Gasteiger partial charge in [0, 0.05) is 10.2 Å². The predicted octanol–water partition coefficient (Wildman–Crippen LogP) is 3.27. The zero-order chi connectivity index (χ0) is 16.8. The van der Waals surface area contributed by atoms with Crippen molar-refractivity contribution in [3.05, 3.63) is 58.6 Å². The lowest BCUT2D eigenvalue weighted by molar-refractivity contribution is -0.152. The largest absolute Gasteiger partial charge is 0.508 e. The summed E-state index contributed by atoms with van der Waals surface area (Å²) in [6.45, 7) is 1.52. The van der Waals surface area contributed by atoms with E-state index in [-0.39, 0.29) is 12.2 Å². The van der Waals surface area contributed by atoms with Gasteiger partial charge in [0.05, 0.1) is 6.42 Å². The number of aromatic hydroxyl groups is 1. The number of hydrogen-bond donors (Lipinski definition) is 2. The average molecular weight is 378 g/mol. The van der Waals surface area contributed by atoms with Crippen molar-refractivity contribution in [2.75, 3.05) is 5.32 Å². The van der Waals surface area contributed by atoms with E-state index < -0.39 is 18.0 Å². The fourth-order valence-corrected chi connectivity index (χ4v) is 2.11. The number of esters is 1. The third kappa shape index (κ3) is 5.41. The smallest absolute Gasteiger partial charge is 0.311 e. The topological polar surface area (TPSA) is 75.6 Å². The first-order valence-corrected chi connectivity index (χ1v) is 7.77. The molecule has 2 aromatic carbocycles. The van der Waals surface area contributed by atoms with E-state index >= 15 is 0 Å². The second-order valence-corrected chi connectivity index (χ2v) is 5.89. The molecular weight excluding hydrogens is 362 g/mol. The number of benzene rings is 2. The molecule has 0 spiro atoms. The maximum Gasteiger partial charge on any atom is 0.311 e. The number of anilines is 1. The molecule has 0 fully saturated rings. The predicted molar refractivity (Wildman–Crippen MR) is 90.1 cm³/mol. The first-order valence-electron chi connectivity index (χ1n) is 6.98. The fourth-order valence-electron chi connectivity index (χ4n) is 1.85. The molecule has 2 N–H and O–H groups in total. The molecule has 2 aromatic rings. The molecule has 5 nitrogen and oxygen atoms in total. The van der Waals surface area contributed by atoms with Crippen molar-refractivity contribution in [3.63, 3.8) is 0 Å². The van der Waals surface area contributed by atoms with Gasteiger partial charge >= 0.3 is 5.97 Å². The SMILES string of the molecule is C[C@H](OC(=O)Cc1ccc(O)cc1)C(=O)Nc1ccc(Br)cc1. The van der Waals surface area contributed by atoms with Crippen LogP contribution >= 0.6 is 15.9 Å². The number of rotatable bonds is 5. The summed E-state index contributed by atoms with van der Waals surface area (Å²) in [5, 5.41) is 11.9. The van der Waals surface area contributed by atoms with E-state index in [0.29, 0.717) is 11.3 Å². The molecule has 0 saturated heterocycles. The zero-order valence-electron chi connectivity index (χ0n) is 12.5. The third-order valence-corrected chi connectivity index (χ3v) is 3.60. The Morgan fingerprint density at radius 2 is 1.74 bits per heavy atom. The van der Waals surface area contributed by atoms with Crippen molar-refractivity contribution in [1.82, 2.24) is 0 Å². The van der Waals surface area contributed by atoms with Crippen LogP contribution in [0.4, 0.5) is 5.69 Å². The van der Waals surface area contributed by atoms with Crippen LogP contribution in [0.3, 0.4) is 0 Å². The van der Waals surface area contributed by atoms with Gasteiger partial charge in [-0.25, -0.2) is 0 Å². The van der Waals surface area contributed by atoms with Crippen molar-refractivity contribution in [2.24, 2.45) is 0 Å². The number of carbonyl (C=O) groups is 2. The lowest BCUT2D eigenvalue weighted by atomic mass is 10.1. The van der Waals surface area contributed by atoms with Gasteiger partial charge in [0.25, 0.3) is 5.91 Å². The molecule has 0 unspecified atom stereocenters. The molecule has 2 rings (SSSR count). The highest BCUT2D eigenvalue weighted by molar-refractivity contribution is 9.10. The molecule has 23 heavy (non-hydrogen) atoms. The van der Waals surface area contributed by atoms with Crippen LogP contribution in [0.25, 0.3) is 0 Å². The highest BCUT2D eigenvalue weighted by atomic mass is 79.9. The van der Waals surface area contributed by atoms with Gasteiger partial charge in [0.2, 0.25) is 0 Å². The molecule has 0 aliphatic rings. The second-order valence-electron chi connectivity index (χ2n) is 4.97. The fraction of sp³-hybridized carbons (Fsp3) is 0.176. The van der Waals surface area contributed by atoms with Gasteiger partial charge in [-0.3, -0.25) is 9.59 Å². The first-order chi connectivity index (χ1) is 10.9. The Labute approximate surface area is 142 Å². The minimum absolute atomic E-state index is 0.0379. The van der Waals surface area contributed by atoms with Gasteiger partial charge in [0.15, 0.2) is 6.10 Å². The Balaban J connectivity index is 1.86. The summed E-state index contributed by atoms with van der Waals surface area (Å²) in [5.74, 6) is -0.773. The summed E-state index contributed by atoms with van der Waals surface area (Å²) in [6, 6.07) is 13.3. The summed E-state index contributed by atoms with van der Waals surface area (Å²) >= 11 is 3.31. The van der Waals surface area contributed by atoms with Crippen molar-refractivity contribution in [3.8, 4) is 5.75 Å². The highest BCUT2D eigenvalue weighted by Crippen LogP contribution is 2.15. The monoisotopic (exact) mass is 377 g/mol. The van der Waals surface area contributed by atoms with E-state index in [4.69, 9.17) is 4.74 Å². The number of hydrogen-bond acceptors (Lipinski definition) is 4. The Morgan fingerprint density at radius 3 is 2.35 bits per heavy atom. The summed E-state index contributed by atoms with van der Waals surface area (Å²) < 4.78 is 6.03. The summed E-state index contributed by atoms with van der Waals surface area (Å²) in [7, 11) is 0. The zero-order valence-corrected chi connectivity index (χ0v) is 14.0. The standard InChI is InChI=1S/C17H16BrNO4/c1-11(17(22)19-14-6-4-13(18)5-7-14)23-16(21)10-12-2-8-15(20)9-3-12/h2-9,11,20H,10H2,1H3,(H,19,22)/t11-/m0/s1. The third-order valence-electron chi connectivity index (χ3n) is 3.07. The van der Waals surface area contributed by atoms with E-state index in [1.165, 1.54) is 19.1 Å². The van der Waals surface area contributed by atoms with Crippen LogP contribution in [-0.2, 0) is 20.7 Å². The van der Waals surface area contributed by atoms with Crippen molar-refractivity contribution < 1.29 is 19.4 Å². The molecule has 1 atom stereocenters. The molecular formula is C17H16BrNO4. The molecule has 0 saturated carbocycles. The number of phenols is 1. The Hall–Kier alpha value is -2.34. The number of nitrogens with one attached hydrogen (secondary N) is 1. The van der Waals surface area contributed by atoms with Crippen LogP contribution in [0.2, 0.25) is 0 Å². The number of amides is 1. The van der Waals surface area contributed by atoms with Gasteiger partial charge < -0.3 is 15.2 Å². The van der Waals surface area contributed by atoms with Crippen LogP contribution in [0.1, 0.15) is 12.5 Å². The first kappa shape index (κ1) is 17.0. The molecule has 1 amide bonds. The number of phenolic OH excluding ortho intramolecular Hbond substituents is 1. The Kier molecular flexibility index (Phi) is 5.76. The number of carbonyl (C=O) groups excluding carboxylic acids is 2. The van der Waals surface area contributed by atoms with Crippen LogP contribution < -0.4 is 5.32 Å². The minimum atomic E-state index is -0.900. The summed E-state index contributed by atoms with van der Waals surface area (Å²) in [4.78, 5) is 23.8.